The minimum atomic E-state index is -0.422. The van der Waals surface area contributed by atoms with Crippen molar-refractivity contribution >= 4 is 11.6 Å². The van der Waals surface area contributed by atoms with Crippen LogP contribution in [0.25, 0.3) is 0 Å². The Morgan fingerprint density at radius 3 is 2.73 bits per heavy atom. The first-order valence-corrected chi connectivity index (χ1v) is 7.96. The summed E-state index contributed by atoms with van der Waals surface area (Å²) in [4.78, 5) is 16.4. The van der Waals surface area contributed by atoms with Gasteiger partial charge in [-0.05, 0) is 30.3 Å². The Hall–Kier alpha value is -3.54. The summed E-state index contributed by atoms with van der Waals surface area (Å²) >= 11 is 0. The lowest BCUT2D eigenvalue weighted by molar-refractivity contribution is 0.102. The fraction of sp³-hybridized carbons (Fsp3) is 0.100. The van der Waals surface area contributed by atoms with Gasteiger partial charge in [0, 0.05) is 35.8 Å². The van der Waals surface area contributed by atoms with Crippen LogP contribution in [0.2, 0.25) is 0 Å². The van der Waals surface area contributed by atoms with Crippen LogP contribution in [0.3, 0.4) is 0 Å². The number of ether oxygens (including phenoxy) is 2. The van der Waals surface area contributed by atoms with Gasteiger partial charge in [-0.2, -0.15) is 0 Å². The van der Waals surface area contributed by atoms with E-state index in [-0.39, 0.29) is 11.3 Å². The van der Waals surface area contributed by atoms with Gasteiger partial charge in [0.1, 0.15) is 23.9 Å². The maximum Gasteiger partial charge on any atom is 0.259 e. The summed E-state index contributed by atoms with van der Waals surface area (Å²) in [6.07, 6.45) is 3.44. The molecule has 0 saturated carbocycles. The van der Waals surface area contributed by atoms with E-state index < -0.39 is 5.91 Å². The molecule has 0 aliphatic rings. The highest BCUT2D eigenvalue weighted by molar-refractivity contribution is 6.06. The van der Waals surface area contributed by atoms with E-state index in [1.807, 2.05) is 12.1 Å². The summed E-state index contributed by atoms with van der Waals surface area (Å²) in [5.74, 6) is 0.524. The van der Waals surface area contributed by atoms with E-state index in [0.29, 0.717) is 23.8 Å². The number of rotatable bonds is 6. The van der Waals surface area contributed by atoms with E-state index in [1.165, 1.54) is 19.2 Å². The van der Waals surface area contributed by atoms with Gasteiger partial charge in [0.25, 0.3) is 5.91 Å². The van der Waals surface area contributed by atoms with Crippen molar-refractivity contribution in [1.82, 2.24) is 4.98 Å². The molecule has 0 bridgehead atoms. The number of methoxy groups -OCH3 is 1. The number of nitrogens with zero attached hydrogens (tertiary/aromatic N) is 1. The van der Waals surface area contributed by atoms with E-state index >= 15 is 0 Å². The van der Waals surface area contributed by atoms with Crippen LogP contribution in [0, 0.1) is 0 Å². The fourth-order valence-electron chi connectivity index (χ4n) is 2.34. The number of aromatic hydroxyl groups is 1. The Morgan fingerprint density at radius 2 is 2.00 bits per heavy atom. The minimum Gasteiger partial charge on any atom is -0.507 e. The van der Waals surface area contributed by atoms with Crippen molar-refractivity contribution in [3.63, 3.8) is 0 Å². The van der Waals surface area contributed by atoms with Crippen LogP contribution in [-0.2, 0) is 6.61 Å². The topological polar surface area (TPSA) is 80.7 Å². The van der Waals surface area contributed by atoms with Crippen LogP contribution in [-0.4, -0.2) is 23.1 Å². The molecule has 0 saturated heterocycles. The number of amides is 1. The van der Waals surface area contributed by atoms with Crippen LogP contribution < -0.4 is 14.8 Å². The molecule has 0 unspecified atom stereocenters. The molecule has 2 aromatic carbocycles. The molecule has 3 aromatic rings. The molecular weight excluding hydrogens is 332 g/mol. The molecule has 0 fully saturated rings. The maximum absolute atomic E-state index is 12.4. The third-order valence-electron chi connectivity index (χ3n) is 3.67. The zero-order valence-corrected chi connectivity index (χ0v) is 14.2. The fourth-order valence-corrected chi connectivity index (χ4v) is 2.34. The molecule has 0 spiro atoms. The van der Waals surface area contributed by atoms with E-state index in [2.05, 4.69) is 10.3 Å². The number of carbonyl (C=O) groups excluding carboxylic acids is 1. The van der Waals surface area contributed by atoms with Crippen LogP contribution in [0.5, 0.6) is 17.2 Å². The lowest BCUT2D eigenvalue weighted by Crippen LogP contribution is -2.12. The normalized spacial score (nSPS) is 10.2. The van der Waals surface area contributed by atoms with Crippen molar-refractivity contribution in [2.24, 2.45) is 0 Å². The summed E-state index contributed by atoms with van der Waals surface area (Å²) in [7, 11) is 1.49. The summed E-state index contributed by atoms with van der Waals surface area (Å²) in [6, 6.07) is 15.3. The summed E-state index contributed by atoms with van der Waals surface area (Å²) in [5, 5.41) is 12.7. The largest absolute Gasteiger partial charge is 0.507 e. The number of phenolic OH excluding ortho intramolecular Hbond substituents is 1. The summed E-state index contributed by atoms with van der Waals surface area (Å²) < 4.78 is 10.7. The van der Waals surface area contributed by atoms with E-state index in [9.17, 15) is 9.90 Å². The van der Waals surface area contributed by atoms with Gasteiger partial charge in [0.2, 0.25) is 0 Å². The zero-order chi connectivity index (χ0) is 18.4. The molecule has 6 nitrogen and oxygen atoms in total. The first-order valence-electron chi connectivity index (χ1n) is 7.96. The van der Waals surface area contributed by atoms with Crippen molar-refractivity contribution in [3.05, 3.63) is 78.1 Å². The number of hydrogen-bond donors (Lipinski definition) is 2. The van der Waals surface area contributed by atoms with Gasteiger partial charge in [-0.15, -0.1) is 0 Å². The number of benzene rings is 2. The number of phenols is 1. The van der Waals surface area contributed by atoms with Gasteiger partial charge in [-0.1, -0.05) is 12.1 Å². The molecule has 3 rings (SSSR count). The van der Waals surface area contributed by atoms with Gasteiger partial charge >= 0.3 is 0 Å². The third-order valence-corrected chi connectivity index (χ3v) is 3.67. The molecular formula is C20H18N2O4. The molecule has 26 heavy (non-hydrogen) atoms. The van der Waals surface area contributed by atoms with Crippen molar-refractivity contribution in [2.45, 2.75) is 6.61 Å². The predicted molar refractivity (Wildman–Crippen MR) is 97.6 cm³/mol. The van der Waals surface area contributed by atoms with Crippen molar-refractivity contribution < 1.29 is 19.4 Å². The molecule has 1 heterocycles. The molecule has 2 N–H and O–H groups in total. The Labute approximate surface area is 151 Å². The molecule has 0 aliphatic heterocycles. The van der Waals surface area contributed by atoms with Crippen molar-refractivity contribution in [1.29, 1.82) is 0 Å². The van der Waals surface area contributed by atoms with E-state index in [0.717, 1.165) is 5.56 Å². The smallest absolute Gasteiger partial charge is 0.259 e. The second-order valence-corrected chi connectivity index (χ2v) is 5.51. The summed E-state index contributed by atoms with van der Waals surface area (Å²) in [5.41, 5.74) is 1.67. The third kappa shape index (κ3) is 4.30. The number of hydrogen-bond acceptors (Lipinski definition) is 5. The monoisotopic (exact) mass is 350 g/mol. The second-order valence-electron chi connectivity index (χ2n) is 5.51. The van der Waals surface area contributed by atoms with Gasteiger partial charge in [-0.3, -0.25) is 9.78 Å². The highest BCUT2D eigenvalue weighted by Crippen LogP contribution is 2.25. The highest BCUT2D eigenvalue weighted by Gasteiger charge is 2.12. The first-order chi connectivity index (χ1) is 12.7. The van der Waals surface area contributed by atoms with E-state index in [4.69, 9.17) is 9.47 Å². The van der Waals surface area contributed by atoms with Crippen molar-refractivity contribution in [3.8, 4) is 17.2 Å². The number of pyridine rings is 1. The zero-order valence-electron chi connectivity index (χ0n) is 14.2. The SMILES string of the molecule is COc1ccc(C(=O)Nc2cccc(OCc3cccnc3)c2)c(O)c1. The van der Waals surface area contributed by atoms with Crippen LogP contribution >= 0.6 is 0 Å². The van der Waals surface area contributed by atoms with Gasteiger partial charge < -0.3 is 19.9 Å². The van der Waals surface area contributed by atoms with Gasteiger partial charge in [0.05, 0.1) is 12.7 Å². The Morgan fingerprint density at radius 1 is 1.12 bits per heavy atom. The van der Waals surface area contributed by atoms with Gasteiger partial charge in [-0.25, -0.2) is 0 Å². The molecule has 1 aromatic heterocycles. The Kier molecular flexibility index (Phi) is 5.34. The van der Waals surface area contributed by atoms with Crippen molar-refractivity contribution in [2.75, 3.05) is 12.4 Å². The molecule has 0 radical (unpaired) electrons. The summed E-state index contributed by atoms with van der Waals surface area (Å²) in [6.45, 7) is 0.379. The first kappa shape index (κ1) is 17.3. The van der Waals surface area contributed by atoms with Crippen LogP contribution in [0.1, 0.15) is 15.9 Å². The number of aromatic nitrogens is 1. The molecule has 1 amide bonds. The second kappa shape index (κ2) is 8.02. The lowest BCUT2D eigenvalue weighted by atomic mass is 10.1. The number of anilines is 1. The van der Waals surface area contributed by atoms with Crippen LogP contribution in [0.4, 0.5) is 5.69 Å². The van der Waals surface area contributed by atoms with E-state index in [1.54, 1.807) is 42.7 Å². The molecule has 0 aliphatic carbocycles. The molecule has 0 atom stereocenters. The lowest BCUT2D eigenvalue weighted by Gasteiger charge is -2.10. The average molecular weight is 350 g/mol. The molecule has 132 valence electrons. The maximum atomic E-state index is 12.4. The minimum absolute atomic E-state index is 0.147. The average Bonchev–Trinajstić information content (AvgIpc) is 2.67. The number of nitrogens with one attached hydrogen (secondary N) is 1. The van der Waals surface area contributed by atoms with Gasteiger partial charge in [0.15, 0.2) is 0 Å². The highest BCUT2D eigenvalue weighted by atomic mass is 16.5. The standard InChI is InChI=1S/C20H18N2O4/c1-25-16-7-8-18(19(23)11-16)20(24)22-15-5-2-6-17(10-15)26-13-14-4-3-9-21-12-14/h2-12,23H,13H2,1H3,(H,22,24). The Bertz CT molecular complexity index is 897. The predicted octanol–water partition coefficient (Wildman–Crippen LogP) is 3.63. The number of carbonyl (C=O) groups is 1. The molecule has 6 heteroatoms. The van der Waals surface area contributed by atoms with Crippen LogP contribution in [0.15, 0.2) is 67.0 Å². The quantitative estimate of drug-likeness (QED) is 0.710. The Balaban J connectivity index is 1.67.